The Morgan fingerprint density at radius 3 is 2.75 bits per heavy atom. The zero-order valence-electron chi connectivity index (χ0n) is 10.6. The van der Waals surface area contributed by atoms with Gasteiger partial charge in [-0.3, -0.25) is 0 Å². The van der Waals surface area contributed by atoms with E-state index in [1.807, 2.05) is 6.07 Å². The molecule has 0 amide bonds. The Morgan fingerprint density at radius 2 is 1.95 bits per heavy atom. The molecule has 0 aliphatic heterocycles. The Morgan fingerprint density at radius 1 is 1.10 bits per heavy atom. The second-order valence-corrected chi connectivity index (χ2v) is 6.77. The van der Waals surface area contributed by atoms with Crippen molar-refractivity contribution in [1.29, 1.82) is 0 Å². The summed E-state index contributed by atoms with van der Waals surface area (Å²) >= 11 is 8.77. The molecule has 2 aromatic carbocycles. The van der Waals surface area contributed by atoms with Crippen LogP contribution in [-0.2, 0) is 11.9 Å². The number of halogens is 2. The first-order chi connectivity index (χ1) is 9.78. The molecule has 0 radical (unpaired) electrons. The van der Waals surface area contributed by atoms with E-state index >= 15 is 0 Å². The van der Waals surface area contributed by atoms with E-state index in [0.29, 0.717) is 6.61 Å². The van der Waals surface area contributed by atoms with E-state index in [4.69, 9.17) is 4.74 Å². The van der Waals surface area contributed by atoms with Crippen molar-refractivity contribution in [2.24, 2.45) is 0 Å². The van der Waals surface area contributed by atoms with Crippen molar-refractivity contribution in [2.45, 2.75) is 11.9 Å². The average Bonchev–Trinajstić information content (AvgIpc) is 2.89. The minimum atomic E-state index is 0.594. The summed E-state index contributed by atoms with van der Waals surface area (Å²) in [6, 6.07) is 14.6. The lowest BCUT2D eigenvalue weighted by Crippen LogP contribution is -1.95. The second kappa shape index (κ2) is 6.29. The lowest BCUT2D eigenvalue weighted by Gasteiger charge is -2.08. The molecular weight excluding hydrogens is 400 g/mol. The highest BCUT2D eigenvalue weighted by Crippen LogP contribution is 2.30. The molecule has 3 aromatic rings. The molecule has 1 heterocycles. The third kappa shape index (κ3) is 2.92. The number of hydrogen-bond donors (Lipinski definition) is 0. The Balaban J connectivity index is 1.79. The predicted molar refractivity (Wildman–Crippen MR) is 92.9 cm³/mol. The molecule has 4 heteroatoms. The number of alkyl halides is 1. The second-order valence-electron chi connectivity index (χ2n) is 4.44. The van der Waals surface area contributed by atoms with Crippen LogP contribution in [0, 0.1) is 0 Å². The van der Waals surface area contributed by atoms with Crippen molar-refractivity contribution in [2.75, 3.05) is 0 Å². The topological polar surface area (TPSA) is 9.23 Å². The molecule has 102 valence electrons. The van der Waals surface area contributed by atoms with Gasteiger partial charge >= 0.3 is 0 Å². The van der Waals surface area contributed by atoms with Crippen molar-refractivity contribution in [3.05, 3.63) is 63.4 Å². The molecule has 20 heavy (non-hydrogen) atoms. The van der Waals surface area contributed by atoms with E-state index in [-0.39, 0.29) is 0 Å². The summed E-state index contributed by atoms with van der Waals surface area (Å²) in [7, 11) is 0. The third-order valence-corrected chi connectivity index (χ3v) is 5.37. The Labute approximate surface area is 138 Å². The van der Waals surface area contributed by atoms with Crippen molar-refractivity contribution in [1.82, 2.24) is 0 Å². The van der Waals surface area contributed by atoms with Crippen molar-refractivity contribution >= 4 is 53.3 Å². The van der Waals surface area contributed by atoms with Crippen LogP contribution < -0.4 is 4.74 Å². The number of benzene rings is 2. The minimum Gasteiger partial charge on any atom is -0.488 e. The number of hydrogen-bond acceptors (Lipinski definition) is 2. The van der Waals surface area contributed by atoms with Gasteiger partial charge in [-0.2, -0.15) is 0 Å². The smallest absolute Gasteiger partial charge is 0.134 e. The maximum Gasteiger partial charge on any atom is 0.134 e. The molecule has 0 atom stereocenters. The summed E-state index contributed by atoms with van der Waals surface area (Å²) in [5.74, 6) is 0.880. The molecule has 0 saturated heterocycles. The van der Waals surface area contributed by atoms with Gasteiger partial charge in [-0.15, -0.1) is 11.3 Å². The van der Waals surface area contributed by atoms with Crippen LogP contribution in [0.2, 0.25) is 0 Å². The number of rotatable bonds is 4. The molecule has 0 unspecified atom stereocenters. The van der Waals surface area contributed by atoms with Gasteiger partial charge in [0.15, 0.2) is 0 Å². The van der Waals surface area contributed by atoms with Crippen molar-refractivity contribution in [3.8, 4) is 5.75 Å². The highest BCUT2D eigenvalue weighted by molar-refractivity contribution is 9.10. The fraction of sp³-hybridized carbons (Fsp3) is 0.125. The van der Waals surface area contributed by atoms with E-state index < -0.39 is 0 Å². The summed E-state index contributed by atoms with van der Waals surface area (Å²) in [6.07, 6.45) is 0. The first kappa shape index (κ1) is 14.1. The van der Waals surface area contributed by atoms with Gasteiger partial charge in [-0.1, -0.05) is 40.2 Å². The van der Waals surface area contributed by atoms with Crippen LogP contribution in [0.25, 0.3) is 10.1 Å². The molecule has 0 aliphatic carbocycles. The molecule has 0 saturated carbocycles. The van der Waals surface area contributed by atoms with Gasteiger partial charge in [-0.05, 0) is 50.5 Å². The Bertz CT molecular complexity index is 736. The third-order valence-electron chi connectivity index (χ3n) is 3.09. The van der Waals surface area contributed by atoms with Crippen LogP contribution in [0.5, 0.6) is 5.75 Å². The van der Waals surface area contributed by atoms with E-state index in [1.54, 1.807) is 11.3 Å². The first-order valence-electron chi connectivity index (χ1n) is 6.20. The lowest BCUT2D eigenvalue weighted by molar-refractivity contribution is 0.306. The summed E-state index contributed by atoms with van der Waals surface area (Å²) < 4.78 is 8.23. The number of thiophene rings is 1. The minimum absolute atomic E-state index is 0.594. The summed E-state index contributed by atoms with van der Waals surface area (Å²) in [6.45, 7) is 0.594. The van der Waals surface area contributed by atoms with Gasteiger partial charge in [0.2, 0.25) is 0 Å². The molecule has 0 N–H and O–H groups in total. The normalized spacial score (nSPS) is 10.9. The van der Waals surface area contributed by atoms with Crippen LogP contribution in [-0.4, -0.2) is 0 Å². The standard InChI is InChI=1S/C16H12Br2OS/c17-8-11-5-6-15(14(18)7-11)19-9-12-10-20-16-4-2-1-3-13(12)16/h1-7,10H,8-9H2. The summed E-state index contributed by atoms with van der Waals surface area (Å²) in [5.41, 5.74) is 2.47. The molecule has 3 rings (SSSR count). The predicted octanol–water partition coefficient (Wildman–Crippen LogP) is 6.14. The van der Waals surface area contributed by atoms with E-state index in [0.717, 1.165) is 15.6 Å². The SMILES string of the molecule is BrCc1ccc(OCc2csc3ccccc23)c(Br)c1. The first-order valence-corrected chi connectivity index (χ1v) is 8.99. The molecule has 0 bridgehead atoms. The van der Waals surface area contributed by atoms with Crippen LogP contribution in [0.15, 0.2) is 52.3 Å². The van der Waals surface area contributed by atoms with Crippen molar-refractivity contribution < 1.29 is 4.74 Å². The zero-order chi connectivity index (χ0) is 13.9. The van der Waals surface area contributed by atoms with Gasteiger partial charge in [0.1, 0.15) is 12.4 Å². The van der Waals surface area contributed by atoms with Crippen LogP contribution in [0.3, 0.4) is 0 Å². The lowest BCUT2D eigenvalue weighted by atomic mass is 10.2. The van der Waals surface area contributed by atoms with E-state index in [9.17, 15) is 0 Å². The Hall–Kier alpha value is -0.840. The Kier molecular flexibility index (Phi) is 4.44. The maximum atomic E-state index is 5.93. The summed E-state index contributed by atoms with van der Waals surface area (Å²) in [4.78, 5) is 0. The van der Waals surface area contributed by atoms with E-state index in [1.165, 1.54) is 21.2 Å². The van der Waals surface area contributed by atoms with Gasteiger partial charge < -0.3 is 4.74 Å². The fourth-order valence-electron chi connectivity index (χ4n) is 2.04. The van der Waals surface area contributed by atoms with Gasteiger partial charge in [0, 0.05) is 15.6 Å². The van der Waals surface area contributed by atoms with Crippen LogP contribution in [0.1, 0.15) is 11.1 Å². The van der Waals surface area contributed by atoms with Gasteiger partial charge in [0.05, 0.1) is 4.47 Å². The van der Waals surface area contributed by atoms with Crippen LogP contribution in [0.4, 0.5) is 0 Å². The molecule has 1 nitrogen and oxygen atoms in total. The van der Waals surface area contributed by atoms with Gasteiger partial charge in [-0.25, -0.2) is 0 Å². The highest BCUT2D eigenvalue weighted by Gasteiger charge is 2.06. The van der Waals surface area contributed by atoms with Gasteiger partial charge in [0.25, 0.3) is 0 Å². The highest BCUT2D eigenvalue weighted by atomic mass is 79.9. The molecule has 0 spiro atoms. The van der Waals surface area contributed by atoms with Crippen LogP contribution >= 0.6 is 43.2 Å². The molecule has 0 aliphatic rings. The molecule has 0 fully saturated rings. The largest absolute Gasteiger partial charge is 0.488 e. The molecule has 1 aromatic heterocycles. The fourth-order valence-corrected chi connectivity index (χ4v) is 3.88. The average molecular weight is 412 g/mol. The monoisotopic (exact) mass is 410 g/mol. The maximum absolute atomic E-state index is 5.93. The quantitative estimate of drug-likeness (QED) is 0.468. The number of ether oxygens (including phenoxy) is 1. The van der Waals surface area contributed by atoms with Crippen molar-refractivity contribution in [3.63, 3.8) is 0 Å². The van der Waals surface area contributed by atoms with E-state index in [2.05, 4.69) is 73.6 Å². The summed E-state index contributed by atoms with van der Waals surface area (Å²) in [5, 5.41) is 4.30. The number of fused-ring (bicyclic) bond motifs is 1. The molecular formula is C16H12Br2OS. The zero-order valence-corrected chi connectivity index (χ0v) is 14.6.